The van der Waals surface area contributed by atoms with E-state index in [0.717, 1.165) is 18.6 Å². The Balaban J connectivity index is 0.00000243. The third-order valence-electron chi connectivity index (χ3n) is 5.06. The summed E-state index contributed by atoms with van der Waals surface area (Å²) in [5.41, 5.74) is 5.43. The van der Waals surface area contributed by atoms with E-state index in [9.17, 15) is 5.11 Å². The number of hydrogen-bond donors (Lipinski definition) is 2. The van der Waals surface area contributed by atoms with Crippen molar-refractivity contribution in [3.63, 3.8) is 0 Å². The molecule has 0 bridgehead atoms. The predicted molar refractivity (Wildman–Crippen MR) is 109 cm³/mol. The summed E-state index contributed by atoms with van der Waals surface area (Å²) in [5, 5.41) is 13.6. The standard InChI is InChI=1S/C22H29NO2.ClH/c1-3-17-7-9-18(10-8-17)16(2)23-14-21(24)15-25-22-12-11-19-5-4-6-20(19)13-22;/h7-13,16,21,23-24H,3-6,14-15H2,1-2H3;1H. The topological polar surface area (TPSA) is 41.5 Å². The third kappa shape index (κ3) is 5.47. The zero-order valence-corrected chi connectivity index (χ0v) is 16.5. The first-order chi connectivity index (χ1) is 12.2. The molecular weight excluding hydrogens is 346 g/mol. The number of aryl methyl sites for hydroxylation is 3. The summed E-state index contributed by atoms with van der Waals surface area (Å²) in [5.74, 6) is 0.864. The normalized spacial score (nSPS) is 15.0. The van der Waals surface area contributed by atoms with Gasteiger partial charge < -0.3 is 15.2 Å². The molecule has 142 valence electrons. The van der Waals surface area contributed by atoms with Crippen LogP contribution in [0.3, 0.4) is 0 Å². The second kappa shape index (κ2) is 9.96. The Kier molecular flexibility index (Phi) is 7.95. The number of rotatable bonds is 8. The first kappa shape index (κ1) is 20.8. The van der Waals surface area contributed by atoms with Crippen molar-refractivity contribution >= 4 is 12.4 Å². The molecule has 0 aromatic heterocycles. The van der Waals surface area contributed by atoms with Crippen LogP contribution in [-0.4, -0.2) is 24.4 Å². The zero-order chi connectivity index (χ0) is 17.6. The van der Waals surface area contributed by atoms with Crippen LogP contribution in [0.25, 0.3) is 0 Å². The first-order valence-electron chi connectivity index (χ1n) is 9.40. The minimum atomic E-state index is -0.523. The molecule has 2 N–H and O–H groups in total. The molecule has 3 nitrogen and oxygen atoms in total. The monoisotopic (exact) mass is 375 g/mol. The van der Waals surface area contributed by atoms with E-state index in [1.54, 1.807) is 0 Å². The van der Waals surface area contributed by atoms with E-state index in [0.29, 0.717) is 13.2 Å². The molecule has 2 atom stereocenters. The lowest BCUT2D eigenvalue weighted by Gasteiger charge is -2.18. The first-order valence-corrected chi connectivity index (χ1v) is 9.40. The van der Waals surface area contributed by atoms with E-state index in [1.165, 1.54) is 35.1 Å². The SMILES string of the molecule is CCc1ccc(C(C)NCC(O)COc2ccc3c(c2)CCC3)cc1.Cl. The molecule has 4 heteroatoms. The van der Waals surface area contributed by atoms with E-state index in [4.69, 9.17) is 4.74 Å². The van der Waals surface area contributed by atoms with Crippen molar-refractivity contribution in [2.45, 2.75) is 51.7 Å². The molecule has 2 unspecified atom stereocenters. The Morgan fingerprint density at radius 1 is 1.08 bits per heavy atom. The van der Waals surface area contributed by atoms with E-state index in [2.05, 4.69) is 55.6 Å². The smallest absolute Gasteiger partial charge is 0.119 e. The minimum absolute atomic E-state index is 0. The summed E-state index contributed by atoms with van der Waals surface area (Å²) < 4.78 is 5.77. The molecule has 0 saturated carbocycles. The molecule has 0 amide bonds. The minimum Gasteiger partial charge on any atom is -0.491 e. The van der Waals surface area contributed by atoms with E-state index in [-0.39, 0.29) is 18.4 Å². The van der Waals surface area contributed by atoms with E-state index >= 15 is 0 Å². The van der Waals surface area contributed by atoms with Gasteiger partial charge in [-0.3, -0.25) is 0 Å². The molecule has 0 fully saturated rings. The van der Waals surface area contributed by atoms with Crippen molar-refractivity contribution in [1.29, 1.82) is 0 Å². The maximum Gasteiger partial charge on any atom is 0.119 e. The van der Waals surface area contributed by atoms with Crippen molar-refractivity contribution < 1.29 is 9.84 Å². The van der Waals surface area contributed by atoms with Gasteiger partial charge in [0, 0.05) is 12.6 Å². The maximum atomic E-state index is 10.2. The van der Waals surface area contributed by atoms with Crippen molar-refractivity contribution in [1.82, 2.24) is 5.32 Å². The Hall–Kier alpha value is -1.55. The summed E-state index contributed by atoms with van der Waals surface area (Å²) in [7, 11) is 0. The molecule has 0 aliphatic heterocycles. The van der Waals surface area contributed by atoms with Crippen LogP contribution < -0.4 is 10.1 Å². The summed E-state index contributed by atoms with van der Waals surface area (Å²) in [6.45, 7) is 5.11. The number of aliphatic hydroxyl groups excluding tert-OH is 1. The molecule has 0 spiro atoms. The van der Waals surface area contributed by atoms with Crippen LogP contribution in [-0.2, 0) is 19.3 Å². The molecule has 3 rings (SSSR count). The Morgan fingerprint density at radius 3 is 2.54 bits per heavy atom. The third-order valence-corrected chi connectivity index (χ3v) is 5.06. The quantitative estimate of drug-likeness (QED) is 0.724. The van der Waals surface area contributed by atoms with Gasteiger partial charge in [0.15, 0.2) is 0 Å². The van der Waals surface area contributed by atoms with Gasteiger partial charge in [-0.2, -0.15) is 0 Å². The number of fused-ring (bicyclic) bond motifs is 1. The maximum absolute atomic E-state index is 10.2. The average Bonchev–Trinajstić information content (AvgIpc) is 3.12. The van der Waals surface area contributed by atoms with Crippen molar-refractivity contribution in [2.24, 2.45) is 0 Å². The van der Waals surface area contributed by atoms with Gasteiger partial charge in [0.05, 0.1) is 0 Å². The zero-order valence-electron chi connectivity index (χ0n) is 15.7. The molecule has 0 heterocycles. The van der Waals surface area contributed by atoms with Crippen molar-refractivity contribution in [2.75, 3.05) is 13.2 Å². The second-order valence-electron chi connectivity index (χ2n) is 6.97. The second-order valence-corrected chi connectivity index (χ2v) is 6.97. The number of ether oxygens (including phenoxy) is 1. The lowest BCUT2D eigenvalue weighted by Crippen LogP contribution is -2.33. The fourth-order valence-electron chi connectivity index (χ4n) is 3.36. The van der Waals surface area contributed by atoms with Gasteiger partial charge in [-0.15, -0.1) is 12.4 Å². The van der Waals surface area contributed by atoms with Crippen LogP contribution in [0.1, 0.15) is 48.6 Å². The number of halogens is 1. The summed E-state index contributed by atoms with van der Waals surface area (Å²) >= 11 is 0. The number of benzene rings is 2. The van der Waals surface area contributed by atoms with E-state index < -0.39 is 6.10 Å². The van der Waals surface area contributed by atoms with Gasteiger partial charge in [0.1, 0.15) is 18.5 Å². The molecule has 1 aliphatic carbocycles. The lowest BCUT2D eigenvalue weighted by atomic mass is 10.0. The van der Waals surface area contributed by atoms with Crippen LogP contribution in [0.5, 0.6) is 5.75 Å². The van der Waals surface area contributed by atoms with Gasteiger partial charge in [0.25, 0.3) is 0 Å². The van der Waals surface area contributed by atoms with Gasteiger partial charge >= 0.3 is 0 Å². The molecule has 2 aromatic carbocycles. The number of nitrogens with one attached hydrogen (secondary N) is 1. The average molecular weight is 376 g/mol. The highest BCUT2D eigenvalue weighted by Crippen LogP contribution is 2.26. The van der Waals surface area contributed by atoms with Gasteiger partial charge in [-0.25, -0.2) is 0 Å². The molecule has 2 aromatic rings. The summed E-state index contributed by atoms with van der Waals surface area (Å²) in [6, 6.07) is 15.2. The Labute approximate surface area is 163 Å². The van der Waals surface area contributed by atoms with Crippen LogP contribution in [0.2, 0.25) is 0 Å². The number of hydrogen-bond acceptors (Lipinski definition) is 3. The van der Waals surface area contributed by atoms with Crippen LogP contribution >= 0.6 is 12.4 Å². The lowest BCUT2D eigenvalue weighted by molar-refractivity contribution is 0.104. The van der Waals surface area contributed by atoms with Crippen molar-refractivity contribution in [3.8, 4) is 5.75 Å². The van der Waals surface area contributed by atoms with Gasteiger partial charge in [0.2, 0.25) is 0 Å². The van der Waals surface area contributed by atoms with Crippen LogP contribution in [0.15, 0.2) is 42.5 Å². The highest BCUT2D eigenvalue weighted by molar-refractivity contribution is 5.85. The summed E-state index contributed by atoms with van der Waals surface area (Å²) in [4.78, 5) is 0. The largest absolute Gasteiger partial charge is 0.491 e. The molecular formula is C22H30ClNO2. The fourth-order valence-corrected chi connectivity index (χ4v) is 3.36. The molecule has 1 aliphatic rings. The highest BCUT2D eigenvalue weighted by Gasteiger charge is 2.13. The number of aliphatic hydroxyl groups is 1. The fraction of sp³-hybridized carbons (Fsp3) is 0.455. The van der Waals surface area contributed by atoms with E-state index in [1.807, 2.05) is 6.07 Å². The van der Waals surface area contributed by atoms with Crippen LogP contribution in [0, 0.1) is 0 Å². The molecule has 0 radical (unpaired) electrons. The van der Waals surface area contributed by atoms with Crippen LogP contribution in [0.4, 0.5) is 0 Å². The predicted octanol–water partition coefficient (Wildman–Crippen LogP) is 4.25. The molecule has 0 saturated heterocycles. The highest BCUT2D eigenvalue weighted by atomic mass is 35.5. The Morgan fingerprint density at radius 2 is 1.81 bits per heavy atom. The van der Waals surface area contributed by atoms with Gasteiger partial charge in [-0.1, -0.05) is 37.3 Å². The van der Waals surface area contributed by atoms with Crippen molar-refractivity contribution in [3.05, 3.63) is 64.7 Å². The van der Waals surface area contributed by atoms with Gasteiger partial charge in [-0.05, 0) is 67.0 Å². The molecule has 26 heavy (non-hydrogen) atoms. The Bertz CT molecular complexity index is 687. The summed E-state index contributed by atoms with van der Waals surface area (Å²) in [6.07, 6.45) is 4.10.